The van der Waals surface area contributed by atoms with E-state index in [0.717, 1.165) is 38.5 Å². The van der Waals surface area contributed by atoms with Gasteiger partial charge in [-0.05, 0) is 57.8 Å². The molecule has 0 heterocycles. The summed E-state index contributed by atoms with van der Waals surface area (Å²) < 4.78 is 32.5. The van der Waals surface area contributed by atoms with Crippen LogP contribution < -0.4 is 5.73 Å². The number of phosphoric ester groups is 1. The van der Waals surface area contributed by atoms with E-state index < -0.39 is 50.8 Å². The molecule has 0 aromatic rings. The third-order valence-electron chi connectivity index (χ3n) is 8.42. The Kier molecular flexibility index (Phi) is 36.1. The molecule has 6 N–H and O–H groups in total. The minimum atomic E-state index is -4.46. The number of unbranched alkanes of at least 4 members (excludes halogenated alkanes) is 11. The number of phosphoric acid groups is 1. The third-order valence-corrected chi connectivity index (χ3v) is 9.41. The minimum Gasteiger partial charge on any atom is -0.462 e. The highest BCUT2D eigenvalue weighted by molar-refractivity contribution is 7.47. The average molecular weight is 812 g/mol. The summed E-state index contributed by atoms with van der Waals surface area (Å²) in [5.74, 6) is -1.11. The van der Waals surface area contributed by atoms with Crippen LogP contribution in [-0.4, -0.2) is 82.9 Å². The Labute approximate surface area is 337 Å². The number of hydrogen-bond donors (Lipinski definition) is 5. The van der Waals surface area contributed by atoms with Gasteiger partial charge in [0, 0.05) is 19.4 Å². The summed E-state index contributed by atoms with van der Waals surface area (Å²) in [6.45, 7) is 3.03. The van der Waals surface area contributed by atoms with E-state index in [4.69, 9.17) is 24.3 Å². The van der Waals surface area contributed by atoms with Crippen LogP contribution in [-0.2, 0) is 32.7 Å². The van der Waals surface area contributed by atoms with Crippen LogP contribution in [0.25, 0.3) is 0 Å². The molecule has 12 nitrogen and oxygen atoms in total. The average Bonchev–Trinajstić information content (AvgIpc) is 3.17. The van der Waals surface area contributed by atoms with E-state index in [0.29, 0.717) is 25.7 Å². The third kappa shape index (κ3) is 36.9. The lowest BCUT2D eigenvalue weighted by atomic mass is 10.1. The molecule has 0 aliphatic carbocycles. The Hall–Kier alpha value is -2.67. The zero-order valence-corrected chi connectivity index (χ0v) is 35.1. The van der Waals surface area contributed by atoms with Crippen molar-refractivity contribution in [3.05, 3.63) is 72.9 Å². The predicted octanol–water partition coefficient (Wildman–Crippen LogP) is 8.41. The highest BCUT2D eigenvalue weighted by Crippen LogP contribution is 2.43. The molecule has 0 saturated heterocycles. The summed E-state index contributed by atoms with van der Waals surface area (Å²) in [6.07, 6.45) is 35.1. The normalized spacial score (nSPS) is 15.8. The maximum atomic E-state index is 12.6. The van der Waals surface area contributed by atoms with Gasteiger partial charge in [-0.15, -0.1) is 0 Å². The molecular weight excluding hydrogens is 737 g/mol. The van der Waals surface area contributed by atoms with E-state index in [1.807, 2.05) is 6.92 Å². The van der Waals surface area contributed by atoms with Gasteiger partial charge in [0.15, 0.2) is 6.10 Å². The second-order valence-corrected chi connectivity index (χ2v) is 15.2. The van der Waals surface area contributed by atoms with Gasteiger partial charge in [0.05, 0.1) is 31.5 Å². The van der Waals surface area contributed by atoms with Crippen molar-refractivity contribution < 1.29 is 52.9 Å². The van der Waals surface area contributed by atoms with Crippen LogP contribution in [0.3, 0.4) is 0 Å². The van der Waals surface area contributed by atoms with Crippen LogP contribution in [0.5, 0.6) is 0 Å². The van der Waals surface area contributed by atoms with Crippen LogP contribution >= 0.6 is 7.82 Å². The number of hydrogen-bond acceptors (Lipinski definition) is 11. The Morgan fingerprint density at radius 3 is 1.86 bits per heavy atom. The van der Waals surface area contributed by atoms with Crippen molar-refractivity contribution in [1.82, 2.24) is 0 Å². The largest absolute Gasteiger partial charge is 0.472 e. The highest BCUT2D eigenvalue weighted by atomic mass is 31.2. The molecule has 5 atom stereocenters. The summed E-state index contributed by atoms with van der Waals surface area (Å²) in [4.78, 5) is 34.8. The van der Waals surface area contributed by atoms with Crippen LogP contribution in [0.2, 0.25) is 0 Å². The lowest BCUT2D eigenvalue weighted by Gasteiger charge is -2.20. The van der Waals surface area contributed by atoms with Gasteiger partial charge in [0.2, 0.25) is 0 Å². The number of allylic oxidation sites excluding steroid dienone is 8. The fourth-order valence-corrected chi connectivity index (χ4v) is 5.88. The van der Waals surface area contributed by atoms with Crippen molar-refractivity contribution in [3.8, 4) is 0 Å². The molecule has 0 radical (unpaired) electrons. The lowest BCUT2D eigenvalue weighted by molar-refractivity contribution is -0.161. The van der Waals surface area contributed by atoms with E-state index in [1.54, 1.807) is 60.8 Å². The number of aliphatic hydroxyl groups excluding tert-OH is 3. The molecule has 0 aromatic carbocycles. The monoisotopic (exact) mass is 811 g/mol. The Morgan fingerprint density at radius 2 is 1.21 bits per heavy atom. The minimum absolute atomic E-state index is 0.00249. The molecule has 5 unspecified atom stereocenters. The van der Waals surface area contributed by atoms with Crippen molar-refractivity contribution in [3.63, 3.8) is 0 Å². The van der Waals surface area contributed by atoms with Gasteiger partial charge >= 0.3 is 19.8 Å². The van der Waals surface area contributed by atoms with Crippen molar-refractivity contribution >= 4 is 19.8 Å². The number of esters is 2. The molecule has 0 rings (SSSR count). The maximum Gasteiger partial charge on any atom is 0.472 e. The highest BCUT2D eigenvalue weighted by Gasteiger charge is 2.26. The number of nitrogens with two attached hydrogens (primary N) is 1. The molecule has 0 aromatic heterocycles. The first-order chi connectivity index (χ1) is 27.0. The van der Waals surface area contributed by atoms with Gasteiger partial charge in [-0.3, -0.25) is 18.6 Å². The first kappa shape index (κ1) is 53.3. The number of aliphatic hydroxyl groups is 3. The molecule has 13 heteroatoms. The number of ether oxygens (including phenoxy) is 2. The molecule has 56 heavy (non-hydrogen) atoms. The number of carbonyl (C=O) groups excluding carboxylic acids is 2. The zero-order valence-electron chi connectivity index (χ0n) is 34.2. The van der Waals surface area contributed by atoms with Crippen LogP contribution in [0, 0.1) is 0 Å². The summed E-state index contributed by atoms with van der Waals surface area (Å²) in [6, 6.07) is 0. The van der Waals surface area contributed by atoms with Gasteiger partial charge in [-0.2, -0.15) is 0 Å². The topological polar surface area (TPSA) is 195 Å². The standard InChI is InChI=1S/C43H74NO11P/c1-3-5-6-7-8-9-10-11-12-13-14-15-16-17-25-32-42(48)52-36-41(37-54-56(50,51)53-35-34-44)55-43(49)33-26-31-40(47)29-22-19-18-21-28-39(46)30-24-20-23-27-38(45)4-2/h11-12,18-24,27-29,38-41,45-47H,3-10,13-17,25-26,30-37,44H2,1-2H3,(H,50,51)/b12-11-,19-18-,24-20-,27-23+,28-21+,29-22+. The smallest absolute Gasteiger partial charge is 0.462 e. The summed E-state index contributed by atoms with van der Waals surface area (Å²) in [7, 11) is -4.46. The Morgan fingerprint density at radius 1 is 0.643 bits per heavy atom. The SMILES string of the molecule is CCCCCCCC/C=C\CCCCCCCC(=O)OCC(COP(=O)(O)OCCN)OC(=O)CCCC(O)/C=C/C=C\C=C\C(O)C/C=C\C=C\C(O)CC. The first-order valence-electron chi connectivity index (χ1n) is 20.7. The lowest BCUT2D eigenvalue weighted by Crippen LogP contribution is -2.29. The molecule has 0 aliphatic rings. The van der Waals surface area contributed by atoms with Gasteiger partial charge < -0.3 is 35.4 Å². The van der Waals surface area contributed by atoms with Crippen LogP contribution in [0.4, 0.5) is 0 Å². The number of carbonyl (C=O) groups is 2. The maximum absolute atomic E-state index is 12.6. The van der Waals surface area contributed by atoms with E-state index in [2.05, 4.69) is 19.1 Å². The van der Waals surface area contributed by atoms with Crippen molar-refractivity contribution in [2.45, 2.75) is 160 Å². The van der Waals surface area contributed by atoms with E-state index in [1.165, 1.54) is 38.5 Å². The van der Waals surface area contributed by atoms with Gasteiger partial charge in [0.1, 0.15) is 6.61 Å². The fraction of sp³-hybridized carbons (Fsp3) is 0.674. The van der Waals surface area contributed by atoms with Gasteiger partial charge in [-0.25, -0.2) is 4.57 Å². The fourth-order valence-electron chi connectivity index (χ4n) is 5.11. The van der Waals surface area contributed by atoms with Gasteiger partial charge in [0.25, 0.3) is 0 Å². The quantitative estimate of drug-likeness (QED) is 0.0132. The molecule has 322 valence electrons. The summed E-state index contributed by atoms with van der Waals surface area (Å²) in [5.41, 5.74) is 5.32. The Bertz CT molecular complexity index is 1200. The molecule has 0 saturated carbocycles. The molecule has 0 aliphatic heterocycles. The van der Waals surface area contributed by atoms with E-state index >= 15 is 0 Å². The molecule has 0 amide bonds. The van der Waals surface area contributed by atoms with Crippen molar-refractivity contribution in [2.75, 3.05) is 26.4 Å². The van der Waals surface area contributed by atoms with E-state index in [9.17, 15) is 34.4 Å². The predicted molar refractivity (Wildman–Crippen MR) is 224 cm³/mol. The molecule has 0 bridgehead atoms. The summed E-state index contributed by atoms with van der Waals surface area (Å²) in [5, 5.41) is 29.7. The number of rotatable bonds is 37. The van der Waals surface area contributed by atoms with Crippen LogP contribution in [0.1, 0.15) is 136 Å². The van der Waals surface area contributed by atoms with Crippen molar-refractivity contribution in [1.29, 1.82) is 0 Å². The van der Waals surface area contributed by atoms with E-state index in [-0.39, 0.29) is 39.0 Å². The molecular formula is C43H74NO11P. The molecule has 0 fully saturated rings. The zero-order chi connectivity index (χ0) is 41.5. The summed E-state index contributed by atoms with van der Waals surface area (Å²) >= 11 is 0. The molecule has 0 spiro atoms. The first-order valence-corrected chi connectivity index (χ1v) is 22.2. The van der Waals surface area contributed by atoms with Gasteiger partial charge in [-0.1, -0.05) is 138 Å². The van der Waals surface area contributed by atoms with Crippen molar-refractivity contribution in [2.24, 2.45) is 5.73 Å². The Balaban J connectivity index is 4.51. The second kappa shape index (κ2) is 37.9. The van der Waals surface area contributed by atoms with Crippen LogP contribution in [0.15, 0.2) is 72.9 Å². The second-order valence-electron chi connectivity index (χ2n) is 13.7.